The number of pyridine rings is 1. The lowest BCUT2D eigenvalue weighted by Gasteiger charge is -2.15. The van der Waals surface area contributed by atoms with Crippen molar-refractivity contribution >= 4 is 28.2 Å². The number of benzene rings is 3. The maximum Gasteiger partial charge on any atom is 0.257 e. The number of hydrogen-bond acceptors (Lipinski definition) is 4. The molecular formula is C25H23N3O2. The monoisotopic (exact) mass is 397 g/mol. The standard InChI is InChI=1S/C25H23N3O2/c1-16-7-3-4-8-18(16)15-26-23-9-5-6-10-24(23)28-25(30)21-14-19-13-20(29)11-12-22(19)27-17(21)2/h3-14,26,29H,15H2,1-2H3,(H,28,30). The van der Waals surface area contributed by atoms with Gasteiger partial charge in [0.2, 0.25) is 0 Å². The Morgan fingerprint density at radius 2 is 1.67 bits per heavy atom. The first-order valence-electron chi connectivity index (χ1n) is 9.80. The average molecular weight is 397 g/mol. The summed E-state index contributed by atoms with van der Waals surface area (Å²) in [4.78, 5) is 17.5. The Balaban J connectivity index is 1.57. The second kappa shape index (κ2) is 8.25. The van der Waals surface area contributed by atoms with Gasteiger partial charge >= 0.3 is 0 Å². The van der Waals surface area contributed by atoms with Crippen molar-refractivity contribution in [2.24, 2.45) is 0 Å². The number of nitrogens with one attached hydrogen (secondary N) is 2. The highest BCUT2D eigenvalue weighted by molar-refractivity contribution is 6.08. The Hall–Kier alpha value is -3.86. The molecule has 3 N–H and O–H groups in total. The van der Waals surface area contributed by atoms with Crippen LogP contribution in [0.3, 0.4) is 0 Å². The summed E-state index contributed by atoms with van der Waals surface area (Å²) in [6.07, 6.45) is 0. The zero-order valence-electron chi connectivity index (χ0n) is 16.9. The number of aromatic hydroxyl groups is 1. The van der Waals surface area contributed by atoms with Crippen LogP contribution in [0, 0.1) is 13.8 Å². The number of phenols is 1. The van der Waals surface area contributed by atoms with Crippen molar-refractivity contribution in [1.82, 2.24) is 4.98 Å². The van der Waals surface area contributed by atoms with Crippen LogP contribution in [0.1, 0.15) is 27.2 Å². The Kier molecular flexibility index (Phi) is 5.35. The summed E-state index contributed by atoms with van der Waals surface area (Å²) in [7, 11) is 0. The first kappa shape index (κ1) is 19.5. The molecule has 0 saturated carbocycles. The molecule has 0 fully saturated rings. The number of carbonyl (C=O) groups is 1. The molecule has 0 bridgehead atoms. The molecule has 4 aromatic rings. The number of hydrogen-bond donors (Lipinski definition) is 3. The van der Waals surface area contributed by atoms with E-state index < -0.39 is 0 Å². The van der Waals surface area contributed by atoms with Gasteiger partial charge in [0.05, 0.1) is 28.1 Å². The van der Waals surface area contributed by atoms with Gasteiger partial charge in [-0.2, -0.15) is 0 Å². The average Bonchev–Trinajstić information content (AvgIpc) is 2.74. The fourth-order valence-electron chi connectivity index (χ4n) is 3.42. The van der Waals surface area contributed by atoms with Crippen molar-refractivity contribution < 1.29 is 9.90 Å². The molecule has 1 amide bonds. The minimum absolute atomic E-state index is 0.144. The predicted molar refractivity (Wildman–Crippen MR) is 121 cm³/mol. The Morgan fingerprint density at radius 3 is 2.47 bits per heavy atom. The largest absolute Gasteiger partial charge is 0.508 e. The number of anilines is 2. The molecule has 0 saturated heterocycles. The molecule has 0 aliphatic rings. The van der Waals surface area contributed by atoms with Gasteiger partial charge in [0, 0.05) is 11.9 Å². The molecule has 3 aromatic carbocycles. The van der Waals surface area contributed by atoms with Gasteiger partial charge in [-0.1, -0.05) is 36.4 Å². The number of phenolic OH excluding ortho intramolecular Hbond substituents is 1. The summed E-state index contributed by atoms with van der Waals surface area (Å²) < 4.78 is 0. The number of aryl methyl sites for hydroxylation is 2. The summed E-state index contributed by atoms with van der Waals surface area (Å²) in [5, 5.41) is 16.9. The van der Waals surface area contributed by atoms with Gasteiger partial charge in [-0.25, -0.2) is 0 Å². The van der Waals surface area contributed by atoms with Crippen molar-refractivity contribution in [2.45, 2.75) is 20.4 Å². The Labute approximate surface area is 175 Å². The first-order valence-corrected chi connectivity index (χ1v) is 9.80. The molecule has 150 valence electrons. The van der Waals surface area contributed by atoms with E-state index in [-0.39, 0.29) is 11.7 Å². The fraction of sp³-hybridized carbons (Fsp3) is 0.120. The molecule has 0 atom stereocenters. The molecular weight excluding hydrogens is 374 g/mol. The molecule has 30 heavy (non-hydrogen) atoms. The molecule has 0 radical (unpaired) electrons. The van der Waals surface area contributed by atoms with Crippen molar-refractivity contribution in [3.05, 3.63) is 95.2 Å². The lowest BCUT2D eigenvalue weighted by atomic mass is 10.1. The summed E-state index contributed by atoms with van der Waals surface area (Å²) >= 11 is 0. The summed E-state index contributed by atoms with van der Waals surface area (Å²) in [5.41, 5.74) is 5.81. The van der Waals surface area contributed by atoms with E-state index >= 15 is 0 Å². The van der Waals surface area contributed by atoms with Crippen LogP contribution in [0.15, 0.2) is 72.8 Å². The minimum atomic E-state index is -0.240. The van der Waals surface area contributed by atoms with Crippen LogP contribution in [-0.4, -0.2) is 16.0 Å². The van der Waals surface area contributed by atoms with Gasteiger partial charge < -0.3 is 15.7 Å². The van der Waals surface area contributed by atoms with E-state index in [1.807, 2.05) is 43.3 Å². The van der Waals surface area contributed by atoms with E-state index in [0.29, 0.717) is 23.5 Å². The highest BCUT2D eigenvalue weighted by atomic mass is 16.3. The Morgan fingerprint density at radius 1 is 0.933 bits per heavy atom. The molecule has 0 spiro atoms. The predicted octanol–water partition coefficient (Wildman–Crippen LogP) is 5.42. The van der Waals surface area contributed by atoms with Crippen LogP contribution in [0.5, 0.6) is 5.75 Å². The quantitative estimate of drug-likeness (QED) is 0.420. The van der Waals surface area contributed by atoms with E-state index in [1.54, 1.807) is 24.3 Å². The molecule has 4 rings (SSSR count). The van der Waals surface area contributed by atoms with E-state index in [0.717, 1.165) is 16.6 Å². The highest BCUT2D eigenvalue weighted by Gasteiger charge is 2.14. The molecule has 0 unspecified atom stereocenters. The number of para-hydroxylation sites is 2. The first-order chi connectivity index (χ1) is 14.5. The summed E-state index contributed by atoms with van der Waals surface area (Å²) in [6, 6.07) is 22.5. The van der Waals surface area contributed by atoms with Gasteiger partial charge in [-0.15, -0.1) is 0 Å². The fourth-order valence-corrected chi connectivity index (χ4v) is 3.42. The van der Waals surface area contributed by atoms with E-state index in [2.05, 4.69) is 34.7 Å². The topological polar surface area (TPSA) is 74.2 Å². The van der Waals surface area contributed by atoms with Crippen molar-refractivity contribution in [3.63, 3.8) is 0 Å². The Bertz CT molecular complexity index is 1230. The summed E-state index contributed by atoms with van der Waals surface area (Å²) in [6.45, 7) is 4.55. The lowest BCUT2D eigenvalue weighted by molar-refractivity contribution is 0.102. The third-order valence-electron chi connectivity index (χ3n) is 5.14. The van der Waals surface area contributed by atoms with Gasteiger partial charge in [0.1, 0.15) is 5.75 Å². The molecule has 5 heteroatoms. The van der Waals surface area contributed by atoms with Crippen LogP contribution < -0.4 is 10.6 Å². The number of rotatable bonds is 5. The summed E-state index contributed by atoms with van der Waals surface area (Å²) in [5.74, 6) is -0.0966. The van der Waals surface area contributed by atoms with E-state index in [9.17, 15) is 9.90 Å². The molecule has 5 nitrogen and oxygen atoms in total. The van der Waals surface area contributed by atoms with Crippen LogP contribution in [0.4, 0.5) is 11.4 Å². The van der Waals surface area contributed by atoms with Crippen molar-refractivity contribution in [1.29, 1.82) is 0 Å². The van der Waals surface area contributed by atoms with Crippen molar-refractivity contribution in [3.8, 4) is 5.75 Å². The van der Waals surface area contributed by atoms with Crippen LogP contribution >= 0.6 is 0 Å². The van der Waals surface area contributed by atoms with Gasteiger partial charge in [0.25, 0.3) is 5.91 Å². The number of fused-ring (bicyclic) bond motifs is 1. The molecule has 1 heterocycles. The SMILES string of the molecule is Cc1ccccc1CNc1ccccc1NC(=O)c1cc2cc(O)ccc2nc1C. The van der Waals surface area contributed by atoms with Crippen LogP contribution in [0.25, 0.3) is 10.9 Å². The van der Waals surface area contributed by atoms with Gasteiger partial charge in [0.15, 0.2) is 0 Å². The third-order valence-corrected chi connectivity index (χ3v) is 5.14. The maximum atomic E-state index is 13.0. The number of nitrogens with zero attached hydrogens (tertiary/aromatic N) is 1. The molecule has 1 aromatic heterocycles. The third kappa shape index (κ3) is 4.10. The number of amides is 1. The minimum Gasteiger partial charge on any atom is -0.508 e. The number of carbonyl (C=O) groups excluding carboxylic acids is 1. The molecule has 0 aliphatic heterocycles. The number of aromatic nitrogens is 1. The smallest absolute Gasteiger partial charge is 0.257 e. The normalized spacial score (nSPS) is 10.7. The lowest BCUT2D eigenvalue weighted by Crippen LogP contribution is -2.15. The highest BCUT2D eigenvalue weighted by Crippen LogP contribution is 2.25. The van der Waals surface area contributed by atoms with Gasteiger partial charge in [-0.3, -0.25) is 9.78 Å². The van der Waals surface area contributed by atoms with E-state index in [4.69, 9.17) is 0 Å². The zero-order valence-corrected chi connectivity index (χ0v) is 16.9. The van der Waals surface area contributed by atoms with Gasteiger partial charge in [-0.05, 0) is 61.4 Å². The zero-order chi connectivity index (χ0) is 21.1. The second-order valence-corrected chi connectivity index (χ2v) is 7.28. The van der Waals surface area contributed by atoms with Crippen LogP contribution in [0.2, 0.25) is 0 Å². The molecule has 0 aliphatic carbocycles. The van der Waals surface area contributed by atoms with Crippen molar-refractivity contribution in [2.75, 3.05) is 10.6 Å². The second-order valence-electron chi connectivity index (χ2n) is 7.28. The maximum absolute atomic E-state index is 13.0. The van der Waals surface area contributed by atoms with E-state index in [1.165, 1.54) is 11.1 Å². The van der Waals surface area contributed by atoms with Crippen LogP contribution in [-0.2, 0) is 6.54 Å².